The predicted octanol–water partition coefficient (Wildman–Crippen LogP) is 2.50. The number of carbonyl (C=O) groups is 1. The zero-order chi connectivity index (χ0) is 22.9. The number of aliphatic hydroxyl groups excluding tert-OH is 1. The van der Waals surface area contributed by atoms with Crippen molar-refractivity contribution >= 4 is 11.7 Å². The normalized spacial score (nSPS) is 11.7. The molecule has 2 aromatic carbocycles. The summed E-state index contributed by atoms with van der Waals surface area (Å²) in [5.41, 5.74) is 9.49. The average Bonchev–Trinajstić information content (AvgIpc) is 2.82. The molecule has 3 rings (SSSR count). The fourth-order valence-corrected chi connectivity index (χ4v) is 3.37. The number of amidine groups is 1. The summed E-state index contributed by atoms with van der Waals surface area (Å²) in [5, 5.41) is 21.0. The number of pyridine rings is 1. The van der Waals surface area contributed by atoms with Crippen molar-refractivity contribution in [2.75, 3.05) is 20.1 Å². The maximum Gasteiger partial charge on any atom is 0.253 e. The summed E-state index contributed by atoms with van der Waals surface area (Å²) in [4.78, 5) is 18.4. The van der Waals surface area contributed by atoms with E-state index in [0.717, 1.165) is 29.7 Å². The lowest BCUT2D eigenvalue weighted by atomic mass is 10.1. The Labute approximate surface area is 188 Å². The van der Waals surface area contributed by atoms with Crippen LogP contribution in [0.1, 0.15) is 38.7 Å². The smallest absolute Gasteiger partial charge is 0.253 e. The van der Waals surface area contributed by atoms with Gasteiger partial charge in [-0.25, -0.2) is 0 Å². The van der Waals surface area contributed by atoms with Crippen molar-refractivity contribution in [1.82, 2.24) is 15.2 Å². The van der Waals surface area contributed by atoms with Gasteiger partial charge in [0.25, 0.3) is 5.91 Å². The SMILES string of the molecule is CN(Cc1cncc(C(=N)N)c1)C(=O)c1ccc(CCNCC(O)c2ccccc2)cc1. The molecule has 1 atom stereocenters. The quantitative estimate of drug-likeness (QED) is 0.224. The van der Waals surface area contributed by atoms with E-state index in [-0.39, 0.29) is 11.7 Å². The summed E-state index contributed by atoms with van der Waals surface area (Å²) in [7, 11) is 1.73. The standard InChI is InChI=1S/C25H29N5O2/c1-30(17-19-13-22(24(26)27)15-29-14-19)25(32)21-9-7-18(8-10-21)11-12-28-16-23(31)20-5-3-2-4-6-20/h2-10,13-15,23,28,31H,11-12,16-17H2,1H3,(H3,26,27). The van der Waals surface area contributed by atoms with Gasteiger partial charge in [0, 0.05) is 43.7 Å². The number of nitrogens with one attached hydrogen (secondary N) is 2. The molecule has 0 bridgehead atoms. The van der Waals surface area contributed by atoms with Gasteiger partial charge in [-0.2, -0.15) is 0 Å². The summed E-state index contributed by atoms with van der Waals surface area (Å²) in [5.74, 6) is -0.137. The van der Waals surface area contributed by atoms with Gasteiger partial charge in [-0.1, -0.05) is 42.5 Å². The fraction of sp³-hybridized carbons (Fsp3) is 0.240. The Hall–Kier alpha value is -3.55. The number of aromatic nitrogens is 1. The van der Waals surface area contributed by atoms with Crippen LogP contribution < -0.4 is 11.1 Å². The topological polar surface area (TPSA) is 115 Å². The molecule has 1 aromatic heterocycles. The third kappa shape index (κ3) is 6.47. The van der Waals surface area contributed by atoms with Gasteiger partial charge in [0.1, 0.15) is 5.84 Å². The van der Waals surface area contributed by atoms with Crippen LogP contribution in [0.4, 0.5) is 0 Å². The molecule has 0 fully saturated rings. The van der Waals surface area contributed by atoms with Crippen molar-refractivity contribution in [3.8, 4) is 0 Å². The Morgan fingerprint density at radius 2 is 1.81 bits per heavy atom. The third-order valence-electron chi connectivity index (χ3n) is 5.19. The molecule has 0 aliphatic carbocycles. The van der Waals surface area contributed by atoms with Gasteiger partial charge in [-0.05, 0) is 47.9 Å². The van der Waals surface area contributed by atoms with Gasteiger partial charge in [-0.3, -0.25) is 15.2 Å². The molecule has 7 nitrogen and oxygen atoms in total. The molecule has 1 amide bonds. The van der Waals surface area contributed by atoms with Crippen molar-refractivity contribution < 1.29 is 9.90 Å². The van der Waals surface area contributed by atoms with Crippen LogP contribution >= 0.6 is 0 Å². The number of rotatable bonds is 10. The van der Waals surface area contributed by atoms with Crippen LogP contribution in [0.15, 0.2) is 73.1 Å². The second-order valence-corrected chi connectivity index (χ2v) is 7.73. The van der Waals surface area contributed by atoms with Crippen LogP contribution in [0, 0.1) is 5.41 Å². The molecule has 0 aliphatic rings. The van der Waals surface area contributed by atoms with Crippen LogP contribution in [0.5, 0.6) is 0 Å². The first kappa shape index (κ1) is 23.1. The summed E-state index contributed by atoms with van der Waals surface area (Å²) < 4.78 is 0. The molecular formula is C25H29N5O2. The molecular weight excluding hydrogens is 402 g/mol. The second kappa shape index (κ2) is 11.2. The highest BCUT2D eigenvalue weighted by Crippen LogP contribution is 2.12. The van der Waals surface area contributed by atoms with Gasteiger partial charge in [0.15, 0.2) is 0 Å². The minimum Gasteiger partial charge on any atom is -0.387 e. The molecule has 7 heteroatoms. The van der Waals surface area contributed by atoms with Crippen molar-refractivity contribution in [2.24, 2.45) is 5.73 Å². The lowest BCUT2D eigenvalue weighted by Gasteiger charge is -2.18. The predicted molar refractivity (Wildman–Crippen MR) is 125 cm³/mol. The number of nitrogen functional groups attached to an aromatic ring is 1. The second-order valence-electron chi connectivity index (χ2n) is 7.73. The van der Waals surface area contributed by atoms with Gasteiger partial charge < -0.3 is 21.1 Å². The van der Waals surface area contributed by atoms with E-state index in [9.17, 15) is 9.90 Å². The highest BCUT2D eigenvalue weighted by atomic mass is 16.3. The zero-order valence-electron chi connectivity index (χ0n) is 18.2. The Bertz CT molecular complexity index is 1040. The van der Waals surface area contributed by atoms with Crippen molar-refractivity contribution in [1.29, 1.82) is 5.41 Å². The number of hydrogen-bond acceptors (Lipinski definition) is 5. The third-order valence-corrected chi connectivity index (χ3v) is 5.19. The summed E-state index contributed by atoms with van der Waals surface area (Å²) in [6.07, 6.45) is 3.47. The first-order valence-corrected chi connectivity index (χ1v) is 10.5. The molecule has 166 valence electrons. The van der Waals surface area contributed by atoms with Crippen LogP contribution in [0.2, 0.25) is 0 Å². The highest BCUT2D eigenvalue weighted by Gasteiger charge is 2.13. The molecule has 0 radical (unpaired) electrons. The number of amides is 1. The molecule has 1 unspecified atom stereocenters. The Morgan fingerprint density at radius 3 is 2.50 bits per heavy atom. The fourth-order valence-electron chi connectivity index (χ4n) is 3.37. The molecule has 3 aromatic rings. The Morgan fingerprint density at radius 1 is 1.09 bits per heavy atom. The van der Waals surface area contributed by atoms with E-state index in [0.29, 0.717) is 24.2 Å². The maximum absolute atomic E-state index is 12.7. The van der Waals surface area contributed by atoms with E-state index < -0.39 is 6.10 Å². The molecule has 0 saturated carbocycles. The van der Waals surface area contributed by atoms with Gasteiger partial charge in [0.05, 0.1) is 6.10 Å². The number of carbonyl (C=O) groups excluding carboxylic acids is 1. The molecule has 0 spiro atoms. The summed E-state index contributed by atoms with van der Waals surface area (Å²) >= 11 is 0. The van der Waals surface area contributed by atoms with E-state index >= 15 is 0 Å². The molecule has 0 aliphatic heterocycles. The van der Waals surface area contributed by atoms with E-state index in [1.807, 2.05) is 54.6 Å². The van der Waals surface area contributed by atoms with E-state index in [1.54, 1.807) is 24.2 Å². The first-order valence-electron chi connectivity index (χ1n) is 10.5. The van der Waals surface area contributed by atoms with Crippen molar-refractivity contribution in [2.45, 2.75) is 19.1 Å². The van der Waals surface area contributed by atoms with Crippen LogP contribution in [-0.4, -0.2) is 46.9 Å². The number of nitrogens with two attached hydrogens (primary N) is 1. The van der Waals surface area contributed by atoms with Crippen LogP contribution in [0.25, 0.3) is 0 Å². The van der Waals surface area contributed by atoms with E-state index in [2.05, 4.69) is 10.3 Å². The minimum absolute atomic E-state index is 0.0482. The molecule has 1 heterocycles. The lowest BCUT2D eigenvalue weighted by molar-refractivity contribution is 0.0785. The van der Waals surface area contributed by atoms with Crippen LogP contribution in [-0.2, 0) is 13.0 Å². The van der Waals surface area contributed by atoms with Gasteiger partial charge >= 0.3 is 0 Å². The summed E-state index contributed by atoms with van der Waals surface area (Å²) in [6, 6.07) is 18.9. The Kier molecular flexibility index (Phi) is 8.08. The monoisotopic (exact) mass is 431 g/mol. The number of hydrogen-bond donors (Lipinski definition) is 4. The number of benzene rings is 2. The largest absolute Gasteiger partial charge is 0.387 e. The van der Waals surface area contributed by atoms with Crippen molar-refractivity contribution in [3.05, 3.63) is 101 Å². The zero-order valence-corrected chi connectivity index (χ0v) is 18.2. The molecule has 0 saturated heterocycles. The molecule has 32 heavy (non-hydrogen) atoms. The lowest BCUT2D eigenvalue weighted by Crippen LogP contribution is -2.26. The van der Waals surface area contributed by atoms with Crippen molar-refractivity contribution in [3.63, 3.8) is 0 Å². The number of nitrogens with zero attached hydrogens (tertiary/aromatic N) is 2. The van der Waals surface area contributed by atoms with E-state index in [1.165, 1.54) is 6.20 Å². The van der Waals surface area contributed by atoms with Crippen LogP contribution in [0.3, 0.4) is 0 Å². The van der Waals surface area contributed by atoms with Gasteiger partial charge in [0.2, 0.25) is 0 Å². The highest BCUT2D eigenvalue weighted by molar-refractivity contribution is 5.95. The first-order chi connectivity index (χ1) is 15.4. The number of aliphatic hydroxyl groups is 1. The van der Waals surface area contributed by atoms with Gasteiger partial charge in [-0.15, -0.1) is 0 Å². The Balaban J connectivity index is 1.47. The summed E-state index contributed by atoms with van der Waals surface area (Å²) in [6.45, 7) is 1.60. The minimum atomic E-state index is -0.530. The maximum atomic E-state index is 12.7. The average molecular weight is 432 g/mol. The van der Waals surface area contributed by atoms with E-state index in [4.69, 9.17) is 11.1 Å². The molecule has 5 N–H and O–H groups in total.